The van der Waals surface area contributed by atoms with Gasteiger partial charge >= 0.3 is 0 Å². The quantitative estimate of drug-likeness (QED) is 0.308. The molecular formula is C32H36N8O2. The summed E-state index contributed by atoms with van der Waals surface area (Å²) < 4.78 is 7.08. The third kappa shape index (κ3) is 7.32. The topological polar surface area (TPSA) is 100 Å². The minimum Gasteiger partial charge on any atom is -0.478 e. The van der Waals surface area contributed by atoms with Gasteiger partial charge in [-0.05, 0) is 56.3 Å². The van der Waals surface area contributed by atoms with Crippen LogP contribution in [0.2, 0.25) is 0 Å². The SMILES string of the molecule is CCn1cc(Nc2ncc(C#Cc3cc(C(=O)Nc4ccc(CN5CCN(C)CC5)cc4)ccc3C)cn2)c(OC)n1. The number of carbonyl (C=O) groups excluding carboxylic acids is 1. The highest BCUT2D eigenvalue weighted by molar-refractivity contribution is 6.04. The fourth-order valence-corrected chi connectivity index (χ4v) is 4.58. The molecule has 1 fully saturated rings. The van der Waals surface area contributed by atoms with Crippen LogP contribution in [0.3, 0.4) is 0 Å². The van der Waals surface area contributed by atoms with Crippen LogP contribution >= 0.6 is 0 Å². The number of aromatic nitrogens is 4. The van der Waals surface area contributed by atoms with Crippen molar-refractivity contribution in [2.24, 2.45) is 0 Å². The van der Waals surface area contributed by atoms with E-state index < -0.39 is 0 Å². The summed E-state index contributed by atoms with van der Waals surface area (Å²) in [4.78, 5) is 26.6. The highest BCUT2D eigenvalue weighted by Gasteiger charge is 2.14. The Morgan fingerprint density at radius 1 is 1.02 bits per heavy atom. The molecule has 0 saturated carbocycles. The molecule has 1 saturated heterocycles. The lowest BCUT2D eigenvalue weighted by Crippen LogP contribution is -2.43. The third-order valence-corrected chi connectivity index (χ3v) is 7.20. The van der Waals surface area contributed by atoms with Gasteiger partial charge < -0.3 is 20.3 Å². The van der Waals surface area contributed by atoms with Crippen molar-refractivity contribution in [3.63, 3.8) is 0 Å². The number of anilines is 3. The van der Waals surface area contributed by atoms with E-state index in [9.17, 15) is 4.79 Å². The molecule has 1 aliphatic rings. The summed E-state index contributed by atoms with van der Waals surface area (Å²) in [5.74, 6) is 6.98. The Hall–Kier alpha value is -4.72. The molecule has 10 nitrogen and oxygen atoms in total. The van der Waals surface area contributed by atoms with Crippen molar-refractivity contribution in [3.05, 3.63) is 88.9 Å². The molecule has 0 bridgehead atoms. The van der Waals surface area contributed by atoms with Gasteiger partial charge in [0, 0.05) is 68.5 Å². The first-order valence-electron chi connectivity index (χ1n) is 14.0. The number of hydrogen-bond acceptors (Lipinski definition) is 8. The number of piperazine rings is 1. The Bertz CT molecular complexity index is 1580. The average Bonchev–Trinajstić information content (AvgIpc) is 3.41. The molecule has 0 radical (unpaired) electrons. The van der Waals surface area contributed by atoms with Crippen LogP contribution in [0.1, 0.15) is 39.5 Å². The first-order valence-corrected chi connectivity index (χ1v) is 14.0. The minimum absolute atomic E-state index is 0.176. The molecule has 1 amide bonds. The second-order valence-electron chi connectivity index (χ2n) is 10.3. The first-order chi connectivity index (χ1) is 20.4. The van der Waals surface area contributed by atoms with Gasteiger partial charge in [-0.3, -0.25) is 14.4 Å². The zero-order valence-electron chi connectivity index (χ0n) is 24.5. The van der Waals surface area contributed by atoms with Crippen molar-refractivity contribution in [3.8, 4) is 17.7 Å². The largest absolute Gasteiger partial charge is 0.478 e. The number of ether oxygens (including phenoxy) is 1. The summed E-state index contributed by atoms with van der Waals surface area (Å²) in [6.45, 7) is 9.95. The van der Waals surface area contributed by atoms with Crippen LogP contribution in [0.5, 0.6) is 5.88 Å². The molecule has 10 heteroatoms. The van der Waals surface area contributed by atoms with E-state index in [4.69, 9.17) is 4.74 Å². The van der Waals surface area contributed by atoms with Gasteiger partial charge in [0.25, 0.3) is 11.8 Å². The van der Waals surface area contributed by atoms with Crippen LogP contribution in [0.25, 0.3) is 0 Å². The van der Waals surface area contributed by atoms with Gasteiger partial charge in [-0.2, -0.15) is 0 Å². The van der Waals surface area contributed by atoms with Crippen LogP contribution in [0.15, 0.2) is 61.1 Å². The Morgan fingerprint density at radius 2 is 1.76 bits per heavy atom. The number of likely N-dealkylation sites (N-methyl/N-ethyl adjacent to an activating group) is 1. The predicted molar refractivity (Wildman–Crippen MR) is 164 cm³/mol. The van der Waals surface area contributed by atoms with Gasteiger partial charge in [0.05, 0.1) is 18.9 Å². The molecule has 4 aromatic rings. The summed E-state index contributed by atoms with van der Waals surface area (Å²) in [6.07, 6.45) is 5.14. The Morgan fingerprint density at radius 3 is 2.45 bits per heavy atom. The van der Waals surface area contributed by atoms with E-state index in [1.165, 1.54) is 5.56 Å². The molecule has 1 aliphatic heterocycles. The van der Waals surface area contributed by atoms with E-state index in [2.05, 4.69) is 66.5 Å². The molecule has 3 heterocycles. The van der Waals surface area contributed by atoms with Gasteiger partial charge in [0.15, 0.2) is 0 Å². The fourth-order valence-electron chi connectivity index (χ4n) is 4.58. The van der Waals surface area contributed by atoms with Crippen molar-refractivity contribution < 1.29 is 9.53 Å². The van der Waals surface area contributed by atoms with Crippen LogP contribution in [-0.4, -0.2) is 75.8 Å². The predicted octanol–water partition coefficient (Wildman–Crippen LogP) is 4.15. The maximum absolute atomic E-state index is 13.0. The van der Waals surface area contributed by atoms with E-state index in [0.717, 1.165) is 56.1 Å². The summed E-state index contributed by atoms with van der Waals surface area (Å²) in [6, 6.07) is 13.6. The van der Waals surface area contributed by atoms with Crippen LogP contribution in [0.4, 0.5) is 17.3 Å². The van der Waals surface area contributed by atoms with Gasteiger partial charge in [0.1, 0.15) is 5.69 Å². The average molecular weight is 565 g/mol. The molecule has 42 heavy (non-hydrogen) atoms. The lowest BCUT2D eigenvalue weighted by Gasteiger charge is -2.32. The number of nitrogens with zero attached hydrogens (tertiary/aromatic N) is 6. The zero-order valence-corrected chi connectivity index (χ0v) is 24.5. The van der Waals surface area contributed by atoms with E-state index in [-0.39, 0.29) is 5.91 Å². The first kappa shape index (κ1) is 28.8. The molecule has 0 unspecified atom stereocenters. The Labute approximate surface area is 246 Å². The summed E-state index contributed by atoms with van der Waals surface area (Å²) in [5, 5.41) is 10.5. The molecule has 0 aliphatic carbocycles. The lowest BCUT2D eigenvalue weighted by molar-refractivity contribution is 0.102. The number of nitrogens with one attached hydrogen (secondary N) is 2. The third-order valence-electron chi connectivity index (χ3n) is 7.20. The number of carbonyl (C=O) groups is 1. The molecule has 2 N–H and O–H groups in total. The second kappa shape index (κ2) is 13.3. The van der Waals surface area contributed by atoms with E-state index in [1.807, 2.05) is 50.4 Å². The lowest BCUT2D eigenvalue weighted by atomic mass is 10.0. The number of benzene rings is 2. The maximum atomic E-state index is 13.0. The van der Waals surface area contributed by atoms with Gasteiger partial charge in [0.2, 0.25) is 5.95 Å². The summed E-state index contributed by atoms with van der Waals surface area (Å²) >= 11 is 0. The monoisotopic (exact) mass is 564 g/mol. The van der Waals surface area contributed by atoms with Crippen molar-refractivity contribution in [2.75, 3.05) is 51.0 Å². The van der Waals surface area contributed by atoms with Crippen LogP contribution in [0, 0.1) is 18.8 Å². The van der Waals surface area contributed by atoms with Crippen molar-refractivity contribution in [1.29, 1.82) is 0 Å². The summed E-state index contributed by atoms with van der Waals surface area (Å²) in [5.41, 5.74) is 5.64. The number of methoxy groups -OCH3 is 1. The Balaban J connectivity index is 1.20. The highest BCUT2D eigenvalue weighted by atomic mass is 16.5. The maximum Gasteiger partial charge on any atom is 0.256 e. The van der Waals surface area contributed by atoms with Gasteiger partial charge in [-0.1, -0.05) is 30.0 Å². The van der Waals surface area contributed by atoms with Crippen LogP contribution in [-0.2, 0) is 13.1 Å². The normalized spacial score (nSPS) is 13.7. The molecular weight excluding hydrogens is 528 g/mol. The molecule has 0 atom stereocenters. The Kier molecular flexibility index (Phi) is 9.12. The summed E-state index contributed by atoms with van der Waals surface area (Å²) in [7, 11) is 3.73. The highest BCUT2D eigenvalue weighted by Crippen LogP contribution is 2.24. The molecule has 2 aromatic carbocycles. The van der Waals surface area contributed by atoms with Crippen molar-refractivity contribution >= 4 is 23.2 Å². The van der Waals surface area contributed by atoms with E-state index in [1.54, 1.807) is 24.2 Å². The minimum atomic E-state index is -0.176. The molecule has 216 valence electrons. The van der Waals surface area contributed by atoms with Crippen molar-refractivity contribution in [1.82, 2.24) is 29.5 Å². The van der Waals surface area contributed by atoms with Gasteiger partial charge in [-0.25, -0.2) is 9.97 Å². The standard InChI is InChI=1S/C32H36N8O2/c1-5-40-22-29(31(37-40)42-4)36-32-33-19-25(20-34-32)7-11-26-18-27(10-6-23(26)2)30(41)35-28-12-8-24(9-13-28)21-39-16-14-38(3)15-17-39/h6,8-10,12-13,18-20,22H,5,14-17,21H2,1-4H3,(H,35,41)(H,33,34,36). The van der Waals surface area contributed by atoms with Gasteiger partial charge in [-0.15, -0.1) is 5.10 Å². The number of rotatable bonds is 8. The van der Waals surface area contributed by atoms with E-state index >= 15 is 0 Å². The smallest absolute Gasteiger partial charge is 0.256 e. The number of hydrogen-bond donors (Lipinski definition) is 2. The van der Waals surface area contributed by atoms with Crippen molar-refractivity contribution in [2.45, 2.75) is 26.9 Å². The molecule has 2 aromatic heterocycles. The fraction of sp³-hybridized carbons (Fsp3) is 0.312. The zero-order chi connectivity index (χ0) is 29.5. The number of amides is 1. The van der Waals surface area contributed by atoms with Crippen LogP contribution < -0.4 is 15.4 Å². The van der Waals surface area contributed by atoms with E-state index in [0.29, 0.717) is 28.6 Å². The molecule has 0 spiro atoms. The molecule has 5 rings (SSSR count). The number of aryl methyl sites for hydroxylation is 2. The second-order valence-corrected chi connectivity index (χ2v) is 10.3.